The molecule has 3 aromatic carbocycles. The van der Waals surface area contributed by atoms with Crippen LogP contribution in [0.5, 0.6) is 5.75 Å². The summed E-state index contributed by atoms with van der Waals surface area (Å²) in [5.74, 6) is 0.614. The van der Waals surface area contributed by atoms with Crippen LogP contribution in [0.15, 0.2) is 84.9 Å². The summed E-state index contributed by atoms with van der Waals surface area (Å²) in [5, 5.41) is 14.4. The summed E-state index contributed by atoms with van der Waals surface area (Å²) in [6, 6.07) is 26.8. The number of thiophene rings is 1. The van der Waals surface area contributed by atoms with E-state index in [1.807, 2.05) is 72.8 Å². The molecular weight excluding hydrogens is 514 g/mol. The number of aliphatic hydroxyl groups is 1. The van der Waals surface area contributed by atoms with Gasteiger partial charge in [0.25, 0.3) is 5.91 Å². The Morgan fingerprint density at radius 1 is 0.850 bits per heavy atom. The molecule has 0 unspecified atom stereocenters. The van der Waals surface area contributed by atoms with Gasteiger partial charge in [0.2, 0.25) is 0 Å². The molecule has 1 aliphatic carbocycles. The minimum absolute atomic E-state index is 0. The molecule has 0 aliphatic heterocycles. The zero-order valence-corrected chi connectivity index (χ0v) is 24.1. The smallest absolute Gasteiger partial charge is 0.261 e. The van der Waals surface area contributed by atoms with Crippen molar-refractivity contribution in [1.29, 1.82) is 0 Å². The maximum atomic E-state index is 13.5. The second kappa shape index (κ2) is 11.6. The van der Waals surface area contributed by atoms with Gasteiger partial charge in [-0.15, -0.1) is 11.3 Å². The minimum Gasteiger partial charge on any atom is -0.496 e. The van der Waals surface area contributed by atoms with Crippen LogP contribution in [-0.4, -0.2) is 18.1 Å². The molecule has 210 valence electrons. The largest absolute Gasteiger partial charge is 0.496 e. The molecule has 5 rings (SSSR count). The van der Waals surface area contributed by atoms with Gasteiger partial charge < -0.3 is 15.2 Å². The number of fused-ring (bicyclic) bond motifs is 1. The SMILES string of the molecule is C.COc1cc2c(cc1-c1ccc(C(=O)N[C@H](c3ccccc3)[C@@H](O)c3ccccc3)s1)C(C)(C)CCC2(C)C. The van der Waals surface area contributed by atoms with E-state index >= 15 is 0 Å². The first-order valence-electron chi connectivity index (χ1n) is 13.5. The van der Waals surface area contributed by atoms with Crippen molar-refractivity contribution >= 4 is 17.2 Å². The van der Waals surface area contributed by atoms with Crippen molar-refractivity contribution < 1.29 is 14.6 Å². The molecule has 0 saturated carbocycles. The number of amides is 1. The average molecular weight is 556 g/mol. The zero-order valence-electron chi connectivity index (χ0n) is 23.3. The first-order valence-corrected chi connectivity index (χ1v) is 14.3. The topological polar surface area (TPSA) is 58.6 Å². The zero-order chi connectivity index (χ0) is 27.8. The van der Waals surface area contributed by atoms with Gasteiger partial charge in [-0.3, -0.25) is 4.79 Å². The number of carbonyl (C=O) groups is 1. The lowest BCUT2D eigenvalue weighted by Gasteiger charge is -2.42. The Bertz CT molecular complexity index is 1460. The summed E-state index contributed by atoms with van der Waals surface area (Å²) in [6.07, 6.45) is 1.38. The molecule has 1 aromatic heterocycles. The van der Waals surface area contributed by atoms with Gasteiger partial charge in [-0.2, -0.15) is 0 Å². The van der Waals surface area contributed by atoms with Gasteiger partial charge in [0.05, 0.1) is 18.0 Å². The number of aliphatic hydroxyl groups excluding tert-OH is 1. The number of hydrogen-bond donors (Lipinski definition) is 2. The van der Waals surface area contributed by atoms with E-state index in [1.54, 1.807) is 7.11 Å². The van der Waals surface area contributed by atoms with Crippen LogP contribution in [0.4, 0.5) is 0 Å². The van der Waals surface area contributed by atoms with E-state index in [-0.39, 0.29) is 24.2 Å². The molecule has 2 N–H and O–H groups in total. The van der Waals surface area contributed by atoms with Gasteiger partial charge in [-0.25, -0.2) is 0 Å². The Morgan fingerprint density at radius 3 is 1.98 bits per heavy atom. The molecule has 0 spiro atoms. The standard InChI is InChI=1S/C34H37NO3S.CH4/c1-33(2)18-19-34(3,4)26-21-27(38-5)24(20-25(26)33)28-16-17-29(39-28)32(37)35-30(22-12-8-6-9-13-22)31(36)23-14-10-7-11-15-23;/h6-17,20-21,30-31,36H,18-19H2,1-5H3,(H,35,37);1H4/t30-,31+;/m1./s1. The fraction of sp³-hybridized carbons (Fsp3) is 0.343. The third-order valence-electron chi connectivity index (χ3n) is 8.17. The lowest BCUT2D eigenvalue weighted by Crippen LogP contribution is -2.33. The highest BCUT2D eigenvalue weighted by atomic mass is 32.1. The maximum Gasteiger partial charge on any atom is 0.261 e. The molecule has 1 amide bonds. The summed E-state index contributed by atoms with van der Waals surface area (Å²) in [7, 11) is 1.71. The highest BCUT2D eigenvalue weighted by molar-refractivity contribution is 7.17. The second-order valence-electron chi connectivity index (χ2n) is 11.7. The molecule has 4 aromatic rings. The van der Waals surface area contributed by atoms with Crippen molar-refractivity contribution in [3.63, 3.8) is 0 Å². The van der Waals surface area contributed by atoms with E-state index in [1.165, 1.54) is 22.5 Å². The first kappa shape index (κ1) is 29.6. The number of benzene rings is 3. The minimum atomic E-state index is -0.886. The fourth-order valence-corrected chi connectivity index (χ4v) is 6.55. The van der Waals surface area contributed by atoms with Gasteiger partial charge >= 0.3 is 0 Å². The first-order chi connectivity index (χ1) is 18.6. The highest BCUT2D eigenvalue weighted by Gasteiger charge is 2.38. The second-order valence-corrected chi connectivity index (χ2v) is 12.8. The van der Waals surface area contributed by atoms with Crippen LogP contribution < -0.4 is 10.1 Å². The molecule has 0 bridgehead atoms. The lowest BCUT2D eigenvalue weighted by atomic mass is 9.63. The van der Waals surface area contributed by atoms with Crippen molar-refractivity contribution in [2.45, 2.75) is 70.9 Å². The van der Waals surface area contributed by atoms with Crippen LogP contribution in [0.1, 0.15) is 92.0 Å². The molecule has 4 nitrogen and oxygen atoms in total. The van der Waals surface area contributed by atoms with Gasteiger partial charge in [0.1, 0.15) is 11.9 Å². The van der Waals surface area contributed by atoms with E-state index in [9.17, 15) is 9.90 Å². The monoisotopic (exact) mass is 555 g/mol. The number of rotatable bonds is 7. The number of ether oxygens (including phenoxy) is 1. The Balaban J connectivity index is 0.00000370. The van der Waals surface area contributed by atoms with Gasteiger partial charge in [-0.05, 0) is 70.2 Å². The molecule has 0 radical (unpaired) electrons. The molecule has 5 heteroatoms. The number of carbonyl (C=O) groups excluding carboxylic acids is 1. The Hall–Kier alpha value is -3.41. The van der Waals surface area contributed by atoms with Crippen molar-refractivity contribution in [3.8, 4) is 16.2 Å². The van der Waals surface area contributed by atoms with Crippen molar-refractivity contribution in [1.82, 2.24) is 5.32 Å². The fourth-order valence-electron chi connectivity index (χ4n) is 5.62. The molecule has 1 aliphatic rings. The van der Waals surface area contributed by atoms with Crippen LogP contribution >= 0.6 is 11.3 Å². The lowest BCUT2D eigenvalue weighted by molar-refractivity contribution is 0.0835. The van der Waals surface area contributed by atoms with Crippen molar-refractivity contribution in [3.05, 3.63) is 112 Å². The molecule has 1 heterocycles. The quantitative estimate of drug-likeness (QED) is 0.240. The third kappa shape index (κ3) is 5.72. The average Bonchev–Trinajstić information content (AvgIpc) is 3.44. The molecule has 40 heavy (non-hydrogen) atoms. The summed E-state index contributed by atoms with van der Waals surface area (Å²) in [4.78, 5) is 15.1. The van der Waals surface area contributed by atoms with Crippen molar-refractivity contribution in [2.24, 2.45) is 0 Å². The van der Waals surface area contributed by atoms with E-state index in [4.69, 9.17) is 4.74 Å². The van der Waals surface area contributed by atoms with E-state index in [0.717, 1.165) is 40.2 Å². The van der Waals surface area contributed by atoms with Crippen LogP contribution in [0.25, 0.3) is 10.4 Å². The number of nitrogens with one attached hydrogen (secondary N) is 1. The molecule has 0 fully saturated rings. The van der Waals surface area contributed by atoms with Gasteiger partial charge in [-0.1, -0.05) is 95.8 Å². The van der Waals surface area contributed by atoms with Crippen LogP contribution in [-0.2, 0) is 10.8 Å². The van der Waals surface area contributed by atoms with Gasteiger partial charge in [0.15, 0.2) is 0 Å². The van der Waals surface area contributed by atoms with Crippen LogP contribution in [0.2, 0.25) is 0 Å². The predicted molar refractivity (Wildman–Crippen MR) is 166 cm³/mol. The van der Waals surface area contributed by atoms with E-state index in [2.05, 4.69) is 45.1 Å². The Kier molecular flexibility index (Phi) is 8.57. The normalized spacial score (nSPS) is 16.6. The Labute approximate surface area is 243 Å². The molecule has 2 atom stereocenters. The number of methoxy groups -OCH3 is 1. The molecule has 0 saturated heterocycles. The summed E-state index contributed by atoms with van der Waals surface area (Å²) >= 11 is 1.45. The maximum absolute atomic E-state index is 13.5. The van der Waals surface area contributed by atoms with Crippen molar-refractivity contribution in [2.75, 3.05) is 7.11 Å². The third-order valence-corrected chi connectivity index (χ3v) is 9.29. The predicted octanol–water partition coefficient (Wildman–Crippen LogP) is 8.61. The van der Waals surface area contributed by atoms with Crippen LogP contribution in [0.3, 0.4) is 0 Å². The highest BCUT2D eigenvalue weighted by Crippen LogP contribution is 2.50. The Morgan fingerprint density at radius 2 is 1.40 bits per heavy atom. The summed E-state index contributed by atoms with van der Waals surface area (Å²) in [5.41, 5.74) is 5.46. The summed E-state index contributed by atoms with van der Waals surface area (Å²) in [6.45, 7) is 9.24. The number of hydrogen-bond acceptors (Lipinski definition) is 4. The van der Waals surface area contributed by atoms with Crippen LogP contribution in [0, 0.1) is 0 Å². The van der Waals surface area contributed by atoms with E-state index < -0.39 is 12.1 Å². The summed E-state index contributed by atoms with van der Waals surface area (Å²) < 4.78 is 5.87. The van der Waals surface area contributed by atoms with E-state index in [0.29, 0.717) is 4.88 Å². The molecular formula is C35H41NO3S. The van der Waals surface area contributed by atoms with Gasteiger partial charge in [0, 0.05) is 10.4 Å².